The normalized spacial score (nSPS) is 25.2. The Bertz CT molecular complexity index is 339. The van der Waals surface area contributed by atoms with Crippen molar-refractivity contribution >= 4 is 0 Å². The Labute approximate surface area is 105 Å². The Kier molecular flexibility index (Phi) is 4.22. The van der Waals surface area contributed by atoms with E-state index in [4.69, 9.17) is 4.74 Å². The van der Waals surface area contributed by atoms with Gasteiger partial charge >= 0.3 is 0 Å². The van der Waals surface area contributed by atoms with Crippen LogP contribution in [0.2, 0.25) is 0 Å². The van der Waals surface area contributed by atoms with Gasteiger partial charge in [-0.05, 0) is 39.2 Å². The van der Waals surface area contributed by atoms with E-state index in [0.717, 1.165) is 0 Å². The lowest BCUT2D eigenvalue weighted by Crippen LogP contribution is -2.28. The molecule has 1 aliphatic carbocycles. The quantitative estimate of drug-likeness (QED) is 0.748. The number of hydrogen-bond acceptors (Lipinski definition) is 1. The van der Waals surface area contributed by atoms with Gasteiger partial charge in [0, 0.05) is 5.92 Å². The summed E-state index contributed by atoms with van der Waals surface area (Å²) in [5.41, 5.74) is 2.80. The van der Waals surface area contributed by atoms with Gasteiger partial charge in [-0.1, -0.05) is 42.7 Å². The fourth-order valence-corrected chi connectivity index (χ4v) is 2.80. The molecule has 1 fully saturated rings. The van der Waals surface area contributed by atoms with Gasteiger partial charge in [0.2, 0.25) is 0 Å². The second kappa shape index (κ2) is 5.68. The van der Waals surface area contributed by atoms with Crippen molar-refractivity contribution < 1.29 is 4.74 Å². The molecule has 0 radical (unpaired) electrons. The van der Waals surface area contributed by atoms with Crippen LogP contribution in [0.5, 0.6) is 0 Å². The Morgan fingerprint density at radius 3 is 2.35 bits per heavy atom. The van der Waals surface area contributed by atoms with E-state index in [1.54, 1.807) is 0 Å². The van der Waals surface area contributed by atoms with Crippen LogP contribution >= 0.6 is 0 Å². The molecule has 0 aromatic heterocycles. The Balaban J connectivity index is 2.12. The van der Waals surface area contributed by atoms with Crippen molar-refractivity contribution in [2.24, 2.45) is 0 Å². The number of aryl methyl sites for hydroxylation is 1. The van der Waals surface area contributed by atoms with Crippen molar-refractivity contribution in [1.29, 1.82) is 0 Å². The summed E-state index contributed by atoms with van der Waals surface area (Å²) >= 11 is 0. The van der Waals surface area contributed by atoms with Crippen LogP contribution in [-0.2, 0) is 4.74 Å². The largest absolute Gasteiger partial charge is 0.375 e. The maximum Gasteiger partial charge on any atom is 0.0647 e. The smallest absolute Gasteiger partial charge is 0.0647 e. The van der Waals surface area contributed by atoms with E-state index in [9.17, 15) is 0 Å². The monoisotopic (exact) mass is 232 g/mol. The highest BCUT2D eigenvalue weighted by Crippen LogP contribution is 2.35. The molecule has 0 spiro atoms. The van der Waals surface area contributed by atoms with Gasteiger partial charge in [0.15, 0.2) is 0 Å². The molecule has 94 valence electrons. The molecule has 1 aromatic carbocycles. The maximum absolute atomic E-state index is 6.09. The van der Waals surface area contributed by atoms with Crippen molar-refractivity contribution in [2.75, 3.05) is 0 Å². The minimum Gasteiger partial charge on any atom is -0.375 e. The van der Waals surface area contributed by atoms with Crippen LogP contribution < -0.4 is 0 Å². The molecule has 0 bridgehead atoms. The van der Waals surface area contributed by atoms with Gasteiger partial charge in [0.1, 0.15) is 0 Å². The van der Waals surface area contributed by atoms with E-state index in [0.29, 0.717) is 18.1 Å². The SMILES string of the molecule is Cc1ccc([C@@H]2CCCC[C@H]2OC(C)C)cc1. The molecule has 0 heterocycles. The van der Waals surface area contributed by atoms with Crippen molar-refractivity contribution in [2.45, 2.75) is 64.6 Å². The van der Waals surface area contributed by atoms with Gasteiger partial charge in [-0.15, -0.1) is 0 Å². The molecule has 1 aliphatic rings. The van der Waals surface area contributed by atoms with E-state index in [2.05, 4.69) is 45.0 Å². The average Bonchev–Trinajstić information content (AvgIpc) is 2.30. The van der Waals surface area contributed by atoms with Crippen LogP contribution in [0.4, 0.5) is 0 Å². The number of benzene rings is 1. The van der Waals surface area contributed by atoms with E-state index in [-0.39, 0.29) is 0 Å². The highest BCUT2D eigenvalue weighted by atomic mass is 16.5. The van der Waals surface area contributed by atoms with Crippen LogP contribution in [0.15, 0.2) is 24.3 Å². The lowest BCUT2D eigenvalue weighted by Gasteiger charge is -2.33. The fraction of sp³-hybridized carbons (Fsp3) is 0.625. The molecule has 2 atom stereocenters. The van der Waals surface area contributed by atoms with Crippen molar-refractivity contribution in [3.05, 3.63) is 35.4 Å². The Hall–Kier alpha value is -0.820. The predicted molar refractivity (Wildman–Crippen MR) is 72.4 cm³/mol. The molecular formula is C16H24O. The molecule has 0 amide bonds. The third kappa shape index (κ3) is 3.32. The summed E-state index contributed by atoms with van der Waals surface area (Å²) < 4.78 is 6.09. The lowest BCUT2D eigenvalue weighted by molar-refractivity contribution is -0.0247. The van der Waals surface area contributed by atoms with Crippen LogP contribution in [0.3, 0.4) is 0 Å². The minimum absolute atomic E-state index is 0.339. The second-order valence-corrected chi connectivity index (χ2v) is 5.52. The second-order valence-electron chi connectivity index (χ2n) is 5.52. The summed E-state index contributed by atoms with van der Waals surface area (Å²) in [7, 11) is 0. The molecule has 1 heteroatoms. The molecule has 2 rings (SSSR count). The summed E-state index contributed by atoms with van der Waals surface area (Å²) in [5.74, 6) is 0.603. The summed E-state index contributed by atoms with van der Waals surface area (Å²) in [6.07, 6.45) is 5.92. The topological polar surface area (TPSA) is 9.23 Å². The van der Waals surface area contributed by atoms with Crippen LogP contribution in [0, 0.1) is 6.92 Å². The highest BCUT2D eigenvalue weighted by Gasteiger charge is 2.27. The van der Waals surface area contributed by atoms with E-state index < -0.39 is 0 Å². The standard InChI is InChI=1S/C16H24O/c1-12(2)17-16-7-5-4-6-15(16)14-10-8-13(3)9-11-14/h8-12,15-16H,4-7H2,1-3H3/t15-,16+/m0/s1. The number of rotatable bonds is 3. The van der Waals surface area contributed by atoms with Gasteiger partial charge in [-0.2, -0.15) is 0 Å². The van der Waals surface area contributed by atoms with E-state index >= 15 is 0 Å². The van der Waals surface area contributed by atoms with Crippen molar-refractivity contribution in [1.82, 2.24) is 0 Å². The molecule has 1 aromatic rings. The number of hydrogen-bond donors (Lipinski definition) is 0. The first-order valence-electron chi connectivity index (χ1n) is 6.89. The van der Waals surface area contributed by atoms with E-state index in [1.165, 1.54) is 36.8 Å². The highest BCUT2D eigenvalue weighted by molar-refractivity contribution is 5.25. The first-order chi connectivity index (χ1) is 8.16. The fourth-order valence-electron chi connectivity index (χ4n) is 2.80. The zero-order valence-corrected chi connectivity index (χ0v) is 11.3. The zero-order valence-electron chi connectivity index (χ0n) is 11.3. The number of ether oxygens (including phenoxy) is 1. The summed E-state index contributed by atoms with van der Waals surface area (Å²) in [6, 6.07) is 9.00. The molecule has 0 N–H and O–H groups in total. The Morgan fingerprint density at radius 1 is 1.06 bits per heavy atom. The molecule has 1 saturated carbocycles. The summed E-state index contributed by atoms with van der Waals surface area (Å²) in [6.45, 7) is 6.42. The van der Waals surface area contributed by atoms with Gasteiger partial charge in [0.25, 0.3) is 0 Å². The maximum atomic E-state index is 6.09. The third-order valence-corrected chi connectivity index (χ3v) is 3.66. The molecule has 17 heavy (non-hydrogen) atoms. The van der Waals surface area contributed by atoms with E-state index in [1.807, 2.05) is 0 Å². The predicted octanol–water partition coefficient (Wildman–Crippen LogP) is 4.45. The third-order valence-electron chi connectivity index (χ3n) is 3.66. The van der Waals surface area contributed by atoms with Gasteiger partial charge < -0.3 is 4.74 Å². The average molecular weight is 232 g/mol. The molecular weight excluding hydrogens is 208 g/mol. The van der Waals surface area contributed by atoms with Crippen LogP contribution in [-0.4, -0.2) is 12.2 Å². The molecule has 0 aliphatic heterocycles. The van der Waals surface area contributed by atoms with Gasteiger partial charge in [-0.25, -0.2) is 0 Å². The molecule has 0 saturated heterocycles. The minimum atomic E-state index is 0.339. The molecule has 0 unspecified atom stereocenters. The Morgan fingerprint density at radius 2 is 1.71 bits per heavy atom. The summed E-state index contributed by atoms with van der Waals surface area (Å²) in [5, 5.41) is 0. The van der Waals surface area contributed by atoms with Crippen LogP contribution in [0.25, 0.3) is 0 Å². The first kappa shape index (κ1) is 12.6. The zero-order chi connectivity index (χ0) is 12.3. The van der Waals surface area contributed by atoms with Crippen molar-refractivity contribution in [3.8, 4) is 0 Å². The van der Waals surface area contributed by atoms with Gasteiger partial charge in [-0.3, -0.25) is 0 Å². The summed E-state index contributed by atoms with van der Waals surface area (Å²) in [4.78, 5) is 0. The first-order valence-corrected chi connectivity index (χ1v) is 6.89. The van der Waals surface area contributed by atoms with Crippen LogP contribution in [0.1, 0.15) is 56.6 Å². The lowest BCUT2D eigenvalue weighted by atomic mass is 9.81. The molecule has 1 nitrogen and oxygen atoms in total. The van der Waals surface area contributed by atoms with Crippen molar-refractivity contribution in [3.63, 3.8) is 0 Å². The van der Waals surface area contributed by atoms with Gasteiger partial charge in [0.05, 0.1) is 12.2 Å².